The summed E-state index contributed by atoms with van der Waals surface area (Å²) in [6, 6.07) is 0. The van der Waals surface area contributed by atoms with Crippen LogP contribution in [0.1, 0.15) is 6.42 Å². The molecule has 0 aromatic rings. The van der Waals surface area contributed by atoms with Gasteiger partial charge in [0.15, 0.2) is 0 Å². The van der Waals surface area contributed by atoms with Gasteiger partial charge < -0.3 is 20.2 Å². The summed E-state index contributed by atoms with van der Waals surface area (Å²) in [4.78, 5) is 4.30. The lowest BCUT2D eigenvalue weighted by atomic mass is 10.0. The Morgan fingerprint density at radius 3 is 2.08 bits per heavy atom. The molecule has 0 aromatic heterocycles. The molecule has 2 rings (SSSR count). The minimum absolute atomic E-state index is 0.103. The summed E-state index contributed by atoms with van der Waals surface area (Å²) in [5.74, 6) is 1.41. The molecule has 0 amide bonds. The second-order valence-corrected chi connectivity index (χ2v) is 7.63. The Balaban J connectivity index is 0.000000272. The third kappa shape index (κ3) is 8.37. The van der Waals surface area contributed by atoms with Gasteiger partial charge in [-0.3, -0.25) is 4.90 Å². The molecular weight excluding hydrogens is 350 g/mol. The molecule has 0 spiro atoms. The molecule has 0 aliphatic carbocycles. The predicted molar refractivity (Wildman–Crippen MR) is 101 cm³/mol. The summed E-state index contributed by atoms with van der Waals surface area (Å²) in [6.07, 6.45) is 0.755. The van der Waals surface area contributed by atoms with Gasteiger partial charge >= 0.3 is 0 Å². The SMILES string of the molecule is CN1CSC(=S)N(C)C1.OCCC1CN(CCO)NN(CCO)C1. The van der Waals surface area contributed by atoms with Gasteiger partial charge in [-0.25, -0.2) is 10.0 Å². The lowest BCUT2D eigenvalue weighted by molar-refractivity contribution is -0.0593. The molecule has 0 saturated carbocycles. The average molecular weight is 382 g/mol. The standard InChI is InChI=1S/C9H21N3O3.C5H10N2S2/c13-4-1-9-7-11(2-5-14)10-12(8-9)3-6-15;1-6-3-7(2)5(8)9-4-6/h9-10,13-15H,1-8H2;3-4H2,1-2H3. The Bertz CT molecular complexity index is 333. The van der Waals surface area contributed by atoms with Crippen molar-refractivity contribution >= 4 is 28.3 Å². The van der Waals surface area contributed by atoms with Gasteiger partial charge in [0.25, 0.3) is 0 Å². The van der Waals surface area contributed by atoms with E-state index in [2.05, 4.69) is 22.4 Å². The predicted octanol–water partition coefficient (Wildman–Crippen LogP) is -1.20. The van der Waals surface area contributed by atoms with E-state index in [-0.39, 0.29) is 19.8 Å². The third-order valence-electron chi connectivity index (χ3n) is 3.69. The highest BCUT2D eigenvalue weighted by Gasteiger charge is 2.23. The molecule has 10 heteroatoms. The zero-order chi connectivity index (χ0) is 17.9. The van der Waals surface area contributed by atoms with Crippen LogP contribution in [0.4, 0.5) is 0 Å². The first-order valence-corrected chi connectivity index (χ1v) is 9.54. The van der Waals surface area contributed by atoms with Crippen molar-refractivity contribution in [1.29, 1.82) is 0 Å². The summed E-state index contributed by atoms with van der Waals surface area (Å²) in [5, 5.41) is 30.4. The van der Waals surface area contributed by atoms with E-state index in [1.807, 2.05) is 17.1 Å². The van der Waals surface area contributed by atoms with E-state index in [0.717, 1.165) is 36.4 Å². The number of thiocarbonyl (C=S) groups is 1. The monoisotopic (exact) mass is 381 g/mol. The molecule has 2 aliphatic heterocycles. The van der Waals surface area contributed by atoms with Crippen LogP contribution < -0.4 is 5.53 Å². The number of hydrogen-bond acceptors (Lipinski definition) is 9. The minimum Gasteiger partial charge on any atom is -0.396 e. The lowest BCUT2D eigenvalue weighted by Crippen LogP contribution is -2.59. The normalized spacial score (nSPS) is 21.7. The quantitative estimate of drug-likeness (QED) is 0.421. The molecule has 142 valence electrons. The molecule has 8 nitrogen and oxygen atoms in total. The molecular formula is C14H31N5O3S2. The van der Waals surface area contributed by atoms with Gasteiger partial charge in [0.05, 0.1) is 25.8 Å². The highest BCUT2D eigenvalue weighted by atomic mass is 32.2. The summed E-state index contributed by atoms with van der Waals surface area (Å²) >= 11 is 6.76. The number of rotatable bonds is 6. The van der Waals surface area contributed by atoms with E-state index in [9.17, 15) is 0 Å². The molecule has 0 bridgehead atoms. The number of hydrazine groups is 2. The Labute approximate surface area is 154 Å². The van der Waals surface area contributed by atoms with Crippen molar-refractivity contribution in [2.45, 2.75) is 6.42 Å². The summed E-state index contributed by atoms with van der Waals surface area (Å²) in [7, 11) is 4.11. The lowest BCUT2D eigenvalue weighted by Gasteiger charge is -2.40. The molecule has 0 radical (unpaired) electrons. The number of nitrogens with one attached hydrogen (secondary N) is 1. The average Bonchev–Trinajstić information content (AvgIpc) is 2.53. The number of thioether (sulfide) groups is 1. The van der Waals surface area contributed by atoms with Crippen LogP contribution in [0.2, 0.25) is 0 Å². The molecule has 2 heterocycles. The molecule has 2 aliphatic rings. The fraction of sp³-hybridized carbons (Fsp3) is 0.929. The van der Waals surface area contributed by atoms with Crippen LogP contribution in [-0.4, -0.2) is 112 Å². The number of nitrogens with zero attached hydrogens (tertiary/aromatic N) is 4. The van der Waals surface area contributed by atoms with Crippen molar-refractivity contribution in [2.75, 3.05) is 72.6 Å². The van der Waals surface area contributed by atoms with Gasteiger partial charge in [0.2, 0.25) is 0 Å². The van der Waals surface area contributed by atoms with Gasteiger partial charge in [0, 0.05) is 39.8 Å². The maximum atomic E-state index is 8.89. The molecule has 4 N–H and O–H groups in total. The zero-order valence-electron chi connectivity index (χ0n) is 14.6. The largest absolute Gasteiger partial charge is 0.396 e. The van der Waals surface area contributed by atoms with E-state index in [1.165, 1.54) is 0 Å². The number of hydrogen-bond donors (Lipinski definition) is 4. The topological polar surface area (TPSA) is 85.7 Å². The Morgan fingerprint density at radius 2 is 1.67 bits per heavy atom. The van der Waals surface area contributed by atoms with E-state index >= 15 is 0 Å². The maximum Gasteiger partial charge on any atom is 0.138 e. The smallest absolute Gasteiger partial charge is 0.138 e. The molecule has 2 saturated heterocycles. The molecule has 2 fully saturated rings. The highest BCUT2D eigenvalue weighted by Crippen LogP contribution is 2.14. The number of aliphatic hydroxyl groups is 3. The van der Waals surface area contributed by atoms with Crippen LogP contribution in [0.25, 0.3) is 0 Å². The first-order valence-electron chi connectivity index (χ1n) is 8.15. The molecule has 0 unspecified atom stereocenters. The van der Waals surface area contributed by atoms with E-state index < -0.39 is 0 Å². The second kappa shape index (κ2) is 12.3. The molecule has 24 heavy (non-hydrogen) atoms. The van der Waals surface area contributed by atoms with Gasteiger partial charge in [-0.15, -0.1) is 0 Å². The van der Waals surface area contributed by atoms with Crippen molar-refractivity contribution in [3.05, 3.63) is 0 Å². The van der Waals surface area contributed by atoms with Crippen molar-refractivity contribution in [3.63, 3.8) is 0 Å². The fourth-order valence-electron chi connectivity index (χ4n) is 2.59. The van der Waals surface area contributed by atoms with Gasteiger partial charge in [-0.05, 0) is 19.4 Å². The van der Waals surface area contributed by atoms with E-state index in [4.69, 9.17) is 27.5 Å². The number of aliphatic hydroxyl groups excluding tert-OH is 3. The van der Waals surface area contributed by atoms with Gasteiger partial charge in [0.1, 0.15) is 4.32 Å². The summed E-state index contributed by atoms with van der Waals surface area (Å²) in [5.41, 5.74) is 3.11. The van der Waals surface area contributed by atoms with Crippen LogP contribution in [0.5, 0.6) is 0 Å². The zero-order valence-corrected chi connectivity index (χ0v) is 16.2. The first kappa shape index (κ1) is 22.0. The van der Waals surface area contributed by atoms with Crippen molar-refractivity contribution < 1.29 is 15.3 Å². The minimum atomic E-state index is 0.103. The van der Waals surface area contributed by atoms with E-state index in [0.29, 0.717) is 19.0 Å². The molecule has 0 aromatic carbocycles. The van der Waals surface area contributed by atoms with E-state index in [1.54, 1.807) is 11.8 Å². The first-order chi connectivity index (χ1) is 11.5. The Kier molecular flexibility index (Phi) is 11.3. The third-order valence-corrected chi connectivity index (χ3v) is 5.48. The molecule has 0 atom stereocenters. The maximum absolute atomic E-state index is 8.89. The van der Waals surface area contributed by atoms with Crippen molar-refractivity contribution in [1.82, 2.24) is 25.4 Å². The highest BCUT2D eigenvalue weighted by molar-refractivity contribution is 8.22. The number of β-amino-alcohol motifs (C(OH)–C–C–N with tert-alkyl or cyclic N) is 2. The Hall–Kier alpha value is -0.0400. The van der Waals surface area contributed by atoms with Crippen LogP contribution >= 0.6 is 24.0 Å². The van der Waals surface area contributed by atoms with Crippen molar-refractivity contribution in [3.8, 4) is 0 Å². The Morgan fingerprint density at radius 1 is 1.08 bits per heavy atom. The van der Waals surface area contributed by atoms with Crippen LogP contribution in [0.3, 0.4) is 0 Å². The van der Waals surface area contributed by atoms with Crippen molar-refractivity contribution in [2.24, 2.45) is 5.92 Å². The summed E-state index contributed by atoms with van der Waals surface area (Å²) in [6.45, 7) is 4.12. The summed E-state index contributed by atoms with van der Waals surface area (Å²) < 4.78 is 1.01. The van der Waals surface area contributed by atoms with Crippen LogP contribution in [-0.2, 0) is 0 Å². The van der Waals surface area contributed by atoms with Crippen LogP contribution in [0, 0.1) is 5.92 Å². The fourth-order valence-corrected chi connectivity index (χ4v) is 3.49. The van der Waals surface area contributed by atoms with Crippen LogP contribution in [0.15, 0.2) is 0 Å². The van der Waals surface area contributed by atoms with Gasteiger partial charge in [-0.1, -0.05) is 24.0 Å². The van der Waals surface area contributed by atoms with Gasteiger partial charge in [-0.2, -0.15) is 5.53 Å². The second-order valence-electron chi connectivity index (χ2n) is 6.05.